The number of likely N-dealkylation sites (N-methyl/N-ethyl adjacent to an activating group) is 1. The Morgan fingerprint density at radius 1 is 1.42 bits per heavy atom. The molecule has 1 aliphatic rings. The molecule has 104 valence electrons. The molecule has 2 rings (SSSR count). The number of hydrogen-bond acceptors (Lipinski definition) is 3. The third kappa shape index (κ3) is 3.04. The van der Waals surface area contributed by atoms with Gasteiger partial charge in [-0.2, -0.15) is 0 Å². The smallest absolute Gasteiger partial charge is 0.257 e. The van der Waals surface area contributed by atoms with Crippen LogP contribution >= 0.6 is 0 Å². The second kappa shape index (κ2) is 5.57. The summed E-state index contributed by atoms with van der Waals surface area (Å²) >= 11 is 0. The maximum absolute atomic E-state index is 13.8. The molecule has 0 spiro atoms. The topological polar surface area (TPSA) is 49.6 Å². The predicted molar refractivity (Wildman–Crippen MR) is 73.4 cm³/mol. The first-order valence-corrected chi connectivity index (χ1v) is 6.53. The molecule has 4 nitrogen and oxygen atoms in total. The van der Waals surface area contributed by atoms with Gasteiger partial charge in [-0.25, -0.2) is 4.39 Å². The second-order valence-electron chi connectivity index (χ2n) is 5.20. The molecule has 1 fully saturated rings. The number of halogens is 1. The van der Waals surface area contributed by atoms with E-state index in [-0.39, 0.29) is 17.5 Å². The Kier molecular flexibility index (Phi) is 4.04. The maximum atomic E-state index is 13.8. The summed E-state index contributed by atoms with van der Waals surface area (Å²) in [5.41, 5.74) is 5.94. The summed E-state index contributed by atoms with van der Waals surface area (Å²) in [4.78, 5) is 16.4. The van der Waals surface area contributed by atoms with Crippen molar-refractivity contribution in [2.75, 3.05) is 32.4 Å². The molecule has 1 aliphatic heterocycles. The molecular formula is C14H20FN3O. The normalized spacial score (nSPS) is 21.2. The van der Waals surface area contributed by atoms with Gasteiger partial charge in [-0.15, -0.1) is 0 Å². The number of benzene rings is 1. The van der Waals surface area contributed by atoms with Crippen LogP contribution in [0.1, 0.15) is 23.7 Å². The van der Waals surface area contributed by atoms with Crippen molar-refractivity contribution in [3.05, 3.63) is 29.6 Å². The van der Waals surface area contributed by atoms with Gasteiger partial charge < -0.3 is 15.5 Å². The van der Waals surface area contributed by atoms with Gasteiger partial charge in [0.15, 0.2) is 0 Å². The molecule has 0 radical (unpaired) electrons. The average molecular weight is 265 g/mol. The van der Waals surface area contributed by atoms with Gasteiger partial charge in [0.25, 0.3) is 5.91 Å². The molecule has 1 amide bonds. The van der Waals surface area contributed by atoms with E-state index in [1.165, 1.54) is 12.1 Å². The molecule has 19 heavy (non-hydrogen) atoms. The Morgan fingerprint density at radius 3 is 2.84 bits per heavy atom. The fourth-order valence-corrected chi connectivity index (χ4v) is 2.53. The average Bonchev–Trinajstić information content (AvgIpc) is 2.49. The molecule has 0 saturated carbocycles. The van der Waals surface area contributed by atoms with Gasteiger partial charge in [0.05, 0.1) is 5.56 Å². The highest BCUT2D eigenvalue weighted by Crippen LogP contribution is 2.17. The number of nitrogens with zero attached hydrogens (tertiary/aromatic N) is 2. The van der Waals surface area contributed by atoms with E-state index in [2.05, 4.69) is 4.90 Å². The molecule has 1 aromatic rings. The first-order valence-electron chi connectivity index (χ1n) is 6.53. The number of carbonyl (C=O) groups excluding carboxylic acids is 1. The first-order chi connectivity index (χ1) is 8.99. The van der Waals surface area contributed by atoms with Crippen LogP contribution in [0.2, 0.25) is 0 Å². The Balaban J connectivity index is 2.22. The zero-order valence-electron chi connectivity index (χ0n) is 11.4. The van der Waals surface area contributed by atoms with Crippen molar-refractivity contribution >= 4 is 11.6 Å². The third-order valence-electron chi connectivity index (χ3n) is 3.53. The highest BCUT2D eigenvalue weighted by molar-refractivity contribution is 5.95. The lowest BCUT2D eigenvalue weighted by molar-refractivity contribution is 0.0692. The maximum Gasteiger partial charge on any atom is 0.257 e. The Bertz CT molecular complexity index is 478. The van der Waals surface area contributed by atoms with Crippen LogP contribution in [0.15, 0.2) is 18.2 Å². The highest BCUT2D eigenvalue weighted by atomic mass is 19.1. The van der Waals surface area contributed by atoms with Crippen molar-refractivity contribution in [3.8, 4) is 0 Å². The van der Waals surface area contributed by atoms with Crippen molar-refractivity contribution in [1.29, 1.82) is 0 Å². The molecule has 0 aliphatic carbocycles. The molecule has 1 atom stereocenters. The fraction of sp³-hybridized carbons (Fsp3) is 0.500. The standard InChI is InChI=1S/C14H20FN3O/c1-10-9-17(2)6-3-7-18(10)14(19)12-5-4-11(16)8-13(12)15/h4-5,8,10H,3,6-7,9,16H2,1-2H3. The summed E-state index contributed by atoms with van der Waals surface area (Å²) in [5.74, 6) is -0.796. The van der Waals surface area contributed by atoms with Crippen LogP contribution < -0.4 is 5.73 Å². The summed E-state index contributed by atoms with van der Waals surface area (Å²) in [6, 6.07) is 4.30. The number of nitrogens with two attached hydrogens (primary N) is 1. The molecule has 0 bridgehead atoms. The van der Waals surface area contributed by atoms with Crippen molar-refractivity contribution in [2.24, 2.45) is 0 Å². The van der Waals surface area contributed by atoms with Gasteiger partial charge in [-0.05, 0) is 45.1 Å². The van der Waals surface area contributed by atoms with Gasteiger partial charge in [-0.3, -0.25) is 4.79 Å². The summed E-state index contributed by atoms with van der Waals surface area (Å²) < 4.78 is 13.8. The summed E-state index contributed by atoms with van der Waals surface area (Å²) in [6.45, 7) is 4.42. The number of rotatable bonds is 1. The Labute approximate surface area is 113 Å². The van der Waals surface area contributed by atoms with Crippen molar-refractivity contribution < 1.29 is 9.18 Å². The van der Waals surface area contributed by atoms with E-state index in [1.807, 2.05) is 14.0 Å². The van der Waals surface area contributed by atoms with E-state index >= 15 is 0 Å². The quantitative estimate of drug-likeness (QED) is 0.784. The summed E-state index contributed by atoms with van der Waals surface area (Å²) in [6.07, 6.45) is 0.906. The van der Waals surface area contributed by atoms with Crippen molar-refractivity contribution in [3.63, 3.8) is 0 Å². The van der Waals surface area contributed by atoms with Crippen LogP contribution in [0.4, 0.5) is 10.1 Å². The SMILES string of the molecule is CC1CN(C)CCCN1C(=O)c1ccc(N)cc1F. The van der Waals surface area contributed by atoms with Gasteiger partial charge in [0, 0.05) is 24.8 Å². The molecular weight excluding hydrogens is 245 g/mol. The molecule has 2 N–H and O–H groups in total. The van der Waals surface area contributed by atoms with E-state index in [1.54, 1.807) is 11.0 Å². The number of anilines is 1. The van der Waals surface area contributed by atoms with Gasteiger partial charge in [-0.1, -0.05) is 0 Å². The fourth-order valence-electron chi connectivity index (χ4n) is 2.53. The van der Waals surface area contributed by atoms with Crippen LogP contribution in [0.25, 0.3) is 0 Å². The summed E-state index contributed by atoms with van der Waals surface area (Å²) in [7, 11) is 2.04. The molecule has 1 aromatic carbocycles. The number of amides is 1. The monoisotopic (exact) mass is 265 g/mol. The minimum atomic E-state index is -0.546. The molecule has 1 unspecified atom stereocenters. The second-order valence-corrected chi connectivity index (χ2v) is 5.20. The molecule has 5 heteroatoms. The van der Waals surface area contributed by atoms with Crippen LogP contribution in [0.5, 0.6) is 0 Å². The van der Waals surface area contributed by atoms with Crippen LogP contribution in [-0.2, 0) is 0 Å². The number of hydrogen-bond donors (Lipinski definition) is 1. The molecule has 1 saturated heterocycles. The van der Waals surface area contributed by atoms with E-state index < -0.39 is 5.82 Å². The first kappa shape index (κ1) is 13.8. The Hall–Kier alpha value is -1.62. The lowest BCUT2D eigenvalue weighted by Crippen LogP contribution is -2.42. The summed E-state index contributed by atoms with van der Waals surface area (Å²) in [5, 5.41) is 0. The van der Waals surface area contributed by atoms with Crippen LogP contribution in [0.3, 0.4) is 0 Å². The van der Waals surface area contributed by atoms with E-state index in [9.17, 15) is 9.18 Å². The largest absolute Gasteiger partial charge is 0.399 e. The van der Waals surface area contributed by atoms with Crippen LogP contribution in [0, 0.1) is 5.82 Å². The minimum Gasteiger partial charge on any atom is -0.399 e. The highest BCUT2D eigenvalue weighted by Gasteiger charge is 2.26. The third-order valence-corrected chi connectivity index (χ3v) is 3.53. The number of nitrogen functional groups attached to an aromatic ring is 1. The van der Waals surface area contributed by atoms with Gasteiger partial charge in [0.2, 0.25) is 0 Å². The van der Waals surface area contributed by atoms with E-state index in [4.69, 9.17) is 5.73 Å². The molecule has 1 heterocycles. The van der Waals surface area contributed by atoms with E-state index in [0.717, 1.165) is 19.5 Å². The predicted octanol–water partition coefficient (Wildman–Crippen LogP) is 1.57. The zero-order valence-corrected chi connectivity index (χ0v) is 11.4. The zero-order chi connectivity index (χ0) is 14.0. The molecule has 0 aromatic heterocycles. The number of carbonyl (C=O) groups is 1. The Morgan fingerprint density at radius 2 is 2.16 bits per heavy atom. The van der Waals surface area contributed by atoms with Gasteiger partial charge in [0.1, 0.15) is 5.82 Å². The van der Waals surface area contributed by atoms with Gasteiger partial charge >= 0.3 is 0 Å². The van der Waals surface area contributed by atoms with Crippen molar-refractivity contribution in [2.45, 2.75) is 19.4 Å². The van der Waals surface area contributed by atoms with Crippen molar-refractivity contribution in [1.82, 2.24) is 9.80 Å². The van der Waals surface area contributed by atoms with Crippen LogP contribution in [-0.4, -0.2) is 48.4 Å². The lowest BCUT2D eigenvalue weighted by Gasteiger charge is -2.28. The minimum absolute atomic E-state index is 0.0805. The lowest BCUT2D eigenvalue weighted by atomic mass is 10.1. The van der Waals surface area contributed by atoms with E-state index in [0.29, 0.717) is 12.2 Å².